The van der Waals surface area contributed by atoms with Crippen LogP contribution in [0.2, 0.25) is 0 Å². The molecule has 26 heavy (non-hydrogen) atoms. The number of hydrogen-bond donors (Lipinski definition) is 0. The van der Waals surface area contributed by atoms with Crippen LogP contribution in [0.4, 0.5) is 0 Å². The van der Waals surface area contributed by atoms with E-state index in [0.717, 1.165) is 37.0 Å². The summed E-state index contributed by atoms with van der Waals surface area (Å²) in [6.07, 6.45) is 10.5. The summed E-state index contributed by atoms with van der Waals surface area (Å²) in [5.74, 6) is 3.90. The average molecular weight is 361 g/mol. The van der Waals surface area contributed by atoms with Gasteiger partial charge >= 0.3 is 5.97 Å². The van der Waals surface area contributed by atoms with E-state index in [1.807, 2.05) is 0 Å². The Hall–Kier alpha value is -0.860. The van der Waals surface area contributed by atoms with Gasteiger partial charge in [0, 0.05) is 25.7 Å². The van der Waals surface area contributed by atoms with Crippen molar-refractivity contribution in [1.29, 1.82) is 0 Å². The Morgan fingerprint density at radius 3 is 2.50 bits per heavy atom. The minimum absolute atomic E-state index is 0.0401. The molecule has 0 heterocycles. The Labute approximate surface area is 158 Å². The SMILES string of the molecule is CC(=O)O[C@H](C)[C@H]1CC[C@H]2[C@H]3CC[C@H]4CC(=O)CC[C@]4(C)[C@@H]3CC[C@]12C. The maximum atomic E-state index is 12.0. The second-order valence-corrected chi connectivity index (χ2v) is 10.4. The van der Waals surface area contributed by atoms with Crippen molar-refractivity contribution in [2.45, 2.75) is 91.6 Å². The number of hydrogen-bond acceptors (Lipinski definition) is 3. The molecule has 0 aromatic heterocycles. The minimum Gasteiger partial charge on any atom is -0.463 e. The molecule has 4 rings (SSSR count). The molecule has 8 atom stereocenters. The van der Waals surface area contributed by atoms with Gasteiger partial charge < -0.3 is 4.74 Å². The zero-order chi connectivity index (χ0) is 18.7. The largest absolute Gasteiger partial charge is 0.463 e. The van der Waals surface area contributed by atoms with Crippen LogP contribution < -0.4 is 0 Å². The molecular weight excluding hydrogens is 324 g/mol. The van der Waals surface area contributed by atoms with Crippen LogP contribution in [0.15, 0.2) is 0 Å². The highest BCUT2D eigenvalue weighted by molar-refractivity contribution is 5.79. The topological polar surface area (TPSA) is 43.4 Å². The van der Waals surface area contributed by atoms with Crippen molar-refractivity contribution in [1.82, 2.24) is 0 Å². The van der Waals surface area contributed by atoms with Crippen molar-refractivity contribution in [3.05, 3.63) is 0 Å². The predicted octanol–water partition coefficient (Wildman–Crippen LogP) is 5.17. The van der Waals surface area contributed by atoms with E-state index in [0.29, 0.717) is 28.4 Å². The first-order chi connectivity index (χ1) is 12.3. The number of Topliss-reactive ketones (excluding diaryl/α,β-unsaturated/α-hetero) is 1. The fourth-order valence-corrected chi connectivity index (χ4v) is 8.20. The summed E-state index contributed by atoms with van der Waals surface area (Å²) in [6.45, 7) is 8.65. The van der Waals surface area contributed by atoms with Gasteiger partial charge in [-0.25, -0.2) is 0 Å². The van der Waals surface area contributed by atoms with Crippen molar-refractivity contribution in [2.75, 3.05) is 0 Å². The Balaban J connectivity index is 1.56. The van der Waals surface area contributed by atoms with Gasteiger partial charge in [-0.05, 0) is 86.4 Å². The number of rotatable bonds is 2. The van der Waals surface area contributed by atoms with E-state index in [9.17, 15) is 9.59 Å². The lowest BCUT2D eigenvalue weighted by Gasteiger charge is -2.60. The van der Waals surface area contributed by atoms with Crippen molar-refractivity contribution in [2.24, 2.45) is 40.4 Å². The van der Waals surface area contributed by atoms with E-state index in [4.69, 9.17) is 4.74 Å². The zero-order valence-corrected chi connectivity index (χ0v) is 17.1. The third-order valence-electron chi connectivity index (χ3n) is 9.47. The van der Waals surface area contributed by atoms with Gasteiger partial charge in [0.2, 0.25) is 0 Å². The lowest BCUT2D eigenvalue weighted by atomic mass is 9.44. The van der Waals surface area contributed by atoms with E-state index in [2.05, 4.69) is 20.8 Å². The summed E-state index contributed by atoms with van der Waals surface area (Å²) in [5.41, 5.74) is 0.710. The van der Waals surface area contributed by atoms with Crippen molar-refractivity contribution >= 4 is 11.8 Å². The second-order valence-electron chi connectivity index (χ2n) is 10.4. The smallest absolute Gasteiger partial charge is 0.302 e. The fourth-order valence-electron chi connectivity index (χ4n) is 8.20. The molecule has 0 spiro atoms. The van der Waals surface area contributed by atoms with Gasteiger partial charge in [-0.15, -0.1) is 0 Å². The molecule has 0 radical (unpaired) electrons. The molecule has 0 bridgehead atoms. The Morgan fingerprint density at radius 1 is 1.04 bits per heavy atom. The summed E-state index contributed by atoms with van der Waals surface area (Å²) < 4.78 is 5.63. The third kappa shape index (κ3) is 2.67. The molecule has 3 nitrogen and oxygen atoms in total. The van der Waals surface area contributed by atoms with Crippen LogP contribution >= 0.6 is 0 Å². The third-order valence-corrected chi connectivity index (χ3v) is 9.47. The number of esters is 1. The average Bonchev–Trinajstić information content (AvgIpc) is 2.92. The fraction of sp³-hybridized carbons (Fsp3) is 0.913. The maximum absolute atomic E-state index is 12.0. The van der Waals surface area contributed by atoms with Gasteiger partial charge in [0.25, 0.3) is 0 Å². The maximum Gasteiger partial charge on any atom is 0.302 e. The molecule has 4 fully saturated rings. The summed E-state index contributed by atoms with van der Waals surface area (Å²) in [5, 5.41) is 0. The molecule has 4 aliphatic rings. The monoisotopic (exact) mass is 360 g/mol. The van der Waals surface area contributed by atoms with Crippen LogP contribution in [0, 0.1) is 40.4 Å². The number of ketones is 1. The first-order valence-corrected chi connectivity index (χ1v) is 10.9. The van der Waals surface area contributed by atoms with Crippen molar-refractivity contribution in [3.63, 3.8) is 0 Å². The number of carbonyl (C=O) groups is 2. The normalized spacial score (nSPS) is 48.9. The minimum atomic E-state index is -0.141. The molecule has 0 aromatic rings. The van der Waals surface area contributed by atoms with Gasteiger partial charge in [0.05, 0.1) is 0 Å². The first kappa shape index (κ1) is 18.5. The number of fused-ring (bicyclic) bond motifs is 5. The lowest BCUT2D eigenvalue weighted by Crippen LogP contribution is -2.54. The molecule has 4 saturated carbocycles. The van der Waals surface area contributed by atoms with Crippen molar-refractivity contribution in [3.8, 4) is 0 Å². The summed E-state index contributed by atoms with van der Waals surface area (Å²) in [4.78, 5) is 23.5. The van der Waals surface area contributed by atoms with Crippen LogP contribution in [0.1, 0.15) is 85.5 Å². The molecular formula is C23H36O3. The lowest BCUT2D eigenvalue weighted by molar-refractivity contribution is -0.156. The van der Waals surface area contributed by atoms with Crippen LogP contribution in [0.25, 0.3) is 0 Å². The number of carbonyl (C=O) groups excluding carboxylic acids is 2. The standard InChI is InChI=1S/C23H36O3/c1-14(26-15(2)24)19-7-8-20-18-6-5-16-13-17(25)9-11-22(16,3)21(18)10-12-23(19,20)4/h14,16,18-21H,5-13H2,1-4H3/t14-,16+,18-,19-,20+,21-,22+,23-/m1/s1. The Bertz CT molecular complexity index is 598. The van der Waals surface area contributed by atoms with E-state index in [1.54, 1.807) is 0 Å². The van der Waals surface area contributed by atoms with E-state index >= 15 is 0 Å². The van der Waals surface area contributed by atoms with Crippen LogP contribution in [-0.4, -0.2) is 17.9 Å². The van der Waals surface area contributed by atoms with Crippen molar-refractivity contribution < 1.29 is 14.3 Å². The quantitative estimate of drug-likeness (QED) is 0.638. The van der Waals surface area contributed by atoms with Crippen LogP contribution in [-0.2, 0) is 14.3 Å². The second kappa shape index (κ2) is 6.34. The summed E-state index contributed by atoms with van der Waals surface area (Å²) in [7, 11) is 0. The molecule has 0 amide bonds. The molecule has 3 heteroatoms. The van der Waals surface area contributed by atoms with E-state index in [1.165, 1.54) is 45.4 Å². The van der Waals surface area contributed by atoms with Gasteiger partial charge in [0.1, 0.15) is 11.9 Å². The first-order valence-electron chi connectivity index (χ1n) is 10.9. The Morgan fingerprint density at radius 2 is 1.77 bits per heavy atom. The Kier molecular flexibility index (Phi) is 4.51. The van der Waals surface area contributed by atoms with E-state index < -0.39 is 0 Å². The molecule has 0 N–H and O–H groups in total. The molecule has 0 unspecified atom stereocenters. The molecule has 0 aliphatic heterocycles. The molecule has 4 aliphatic carbocycles. The van der Waals surface area contributed by atoms with E-state index in [-0.39, 0.29) is 12.1 Å². The predicted molar refractivity (Wildman–Crippen MR) is 101 cm³/mol. The summed E-state index contributed by atoms with van der Waals surface area (Å²) >= 11 is 0. The van der Waals surface area contributed by atoms with Gasteiger partial charge in [-0.1, -0.05) is 13.8 Å². The van der Waals surface area contributed by atoms with Crippen LogP contribution in [0.5, 0.6) is 0 Å². The van der Waals surface area contributed by atoms with Gasteiger partial charge in [-0.3, -0.25) is 9.59 Å². The number of ether oxygens (including phenoxy) is 1. The highest BCUT2D eigenvalue weighted by atomic mass is 16.5. The van der Waals surface area contributed by atoms with Gasteiger partial charge in [-0.2, -0.15) is 0 Å². The van der Waals surface area contributed by atoms with Crippen LogP contribution in [0.3, 0.4) is 0 Å². The zero-order valence-electron chi connectivity index (χ0n) is 17.1. The molecule has 0 saturated heterocycles. The highest BCUT2D eigenvalue weighted by Crippen LogP contribution is 2.67. The highest BCUT2D eigenvalue weighted by Gasteiger charge is 2.61. The summed E-state index contributed by atoms with van der Waals surface area (Å²) in [6, 6.07) is 0. The molecule has 0 aromatic carbocycles. The van der Waals surface area contributed by atoms with Gasteiger partial charge in [0.15, 0.2) is 0 Å². The molecule has 146 valence electrons.